The summed E-state index contributed by atoms with van der Waals surface area (Å²) in [6.45, 7) is 2.87. The lowest BCUT2D eigenvalue weighted by atomic mass is 10.0. The molecule has 0 radical (unpaired) electrons. The van der Waals surface area contributed by atoms with Crippen LogP contribution in [0.15, 0.2) is 30.5 Å². The van der Waals surface area contributed by atoms with E-state index in [1.807, 2.05) is 12.1 Å². The minimum atomic E-state index is -0.0727. The zero-order chi connectivity index (χ0) is 15.2. The molecule has 5 nitrogen and oxygen atoms in total. The van der Waals surface area contributed by atoms with Crippen LogP contribution in [0.2, 0.25) is 0 Å². The van der Waals surface area contributed by atoms with E-state index >= 15 is 0 Å². The van der Waals surface area contributed by atoms with E-state index in [4.69, 9.17) is 9.47 Å². The summed E-state index contributed by atoms with van der Waals surface area (Å²) in [5.74, 6) is 0.911. The van der Waals surface area contributed by atoms with Crippen molar-refractivity contribution in [3.63, 3.8) is 0 Å². The summed E-state index contributed by atoms with van der Waals surface area (Å²) in [5, 5.41) is 3.44. The standard InChI is InChI=1S/C15H18IN3O2/c1-4-17-13(10-7-5-6-8-11(10)16)14-15(21-3)19-12(20-2)9-18-14/h5-9,13,17H,4H2,1-3H3. The summed E-state index contributed by atoms with van der Waals surface area (Å²) in [5.41, 5.74) is 1.90. The molecule has 0 bridgehead atoms. The number of benzene rings is 1. The predicted molar refractivity (Wildman–Crippen MR) is 89.8 cm³/mol. The highest BCUT2D eigenvalue weighted by Crippen LogP contribution is 2.30. The fraction of sp³-hybridized carbons (Fsp3) is 0.333. The smallest absolute Gasteiger partial charge is 0.240 e. The largest absolute Gasteiger partial charge is 0.480 e. The number of hydrogen-bond acceptors (Lipinski definition) is 5. The van der Waals surface area contributed by atoms with Gasteiger partial charge in [0.2, 0.25) is 11.8 Å². The Morgan fingerprint density at radius 2 is 2.00 bits per heavy atom. The van der Waals surface area contributed by atoms with Crippen LogP contribution in [0.5, 0.6) is 11.8 Å². The predicted octanol–water partition coefficient (Wildman–Crippen LogP) is 2.80. The summed E-state index contributed by atoms with van der Waals surface area (Å²) in [7, 11) is 3.15. The third kappa shape index (κ3) is 3.62. The van der Waals surface area contributed by atoms with Gasteiger partial charge in [-0.25, -0.2) is 4.98 Å². The molecule has 2 rings (SSSR count). The Morgan fingerprint density at radius 3 is 2.62 bits per heavy atom. The zero-order valence-corrected chi connectivity index (χ0v) is 14.4. The van der Waals surface area contributed by atoms with Crippen LogP contribution in [-0.4, -0.2) is 30.7 Å². The number of ether oxygens (including phenoxy) is 2. The lowest BCUT2D eigenvalue weighted by Crippen LogP contribution is -2.24. The van der Waals surface area contributed by atoms with Crippen LogP contribution in [0.4, 0.5) is 0 Å². The first-order valence-corrected chi connectivity index (χ1v) is 7.71. The minimum absolute atomic E-state index is 0.0727. The van der Waals surface area contributed by atoms with E-state index in [-0.39, 0.29) is 6.04 Å². The van der Waals surface area contributed by atoms with Crippen molar-refractivity contribution in [1.82, 2.24) is 15.3 Å². The maximum absolute atomic E-state index is 5.38. The van der Waals surface area contributed by atoms with Gasteiger partial charge in [0.25, 0.3) is 0 Å². The third-order valence-electron chi connectivity index (χ3n) is 3.05. The molecule has 21 heavy (non-hydrogen) atoms. The molecule has 0 fully saturated rings. The number of halogens is 1. The summed E-state index contributed by atoms with van der Waals surface area (Å²) in [4.78, 5) is 8.80. The van der Waals surface area contributed by atoms with Gasteiger partial charge in [-0.1, -0.05) is 25.1 Å². The van der Waals surface area contributed by atoms with Crippen LogP contribution in [0.3, 0.4) is 0 Å². The van der Waals surface area contributed by atoms with Crippen molar-refractivity contribution in [3.05, 3.63) is 45.3 Å². The van der Waals surface area contributed by atoms with Crippen molar-refractivity contribution in [2.24, 2.45) is 0 Å². The van der Waals surface area contributed by atoms with Crippen LogP contribution in [0.1, 0.15) is 24.2 Å². The second-order valence-electron chi connectivity index (χ2n) is 4.32. The van der Waals surface area contributed by atoms with Gasteiger partial charge in [0.15, 0.2) is 0 Å². The number of nitrogens with zero attached hydrogens (tertiary/aromatic N) is 2. The molecular weight excluding hydrogens is 381 g/mol. The molecule has 1 atom stereocenters. The lowest BCUT2D eigenvalue weighted by Gasteiger charge is -2.20. The fourth-order valence-corrected chi connectivity index (χ4v) is 2.78. The number of nitrogens with one attached hydrogen (secondary N) is 1. The molecule has 1 aromatic heterocycles. The number of methoxy groups -OCH3 is 2. The molecule has 0 spiro atoms. The highest BCUT2D eigenvalue weighted by atomic mass is 127. The van der Waals surface area contributed by atoms with E-state index in [2.05, 4.69) is 56.9 Å². The van der Waals surface area contributed by atoms with E-state index in [1.54, 1.807) is 20.4 Å². The van der Waals surface area contributed by atoms with Crippen molar-refractivity contribution in [1.29, 1.82) is 0 Å². The monoisotopic (exact) mass is 399 g/mol. The Kier molecular flexibility index (Phi) is 5.75. The van der Waals surface area contributed by atoms with E-state index < -0.39 is 0 Å². The van der Waals surface area contributed by atoms with Gasteiger partial charge in [-0.2, -0.15) is 4.98 Å². The Morgan fingerprint density at radius 1 is 1.24 bits per heavy atom. The lowest BCUT2D eigenvalue weighted by molar-refractivity contribution is 0.352. The molecule has 0 saturated carbocycles. The number of hydrogen-bond donors (Lipinski definition) is 1. The van der Waals surface area contributed by atoms with Crippen LogP contribution >= 0.6 is 22.6 Å². The van der Waals surface area contributed by atoms with E-state index in [0.29, 0.717) is 11.8 Å². The molecule has 1 N–H and O–H groups in total. The average molecular weight is 399 g/mol. The minimum Gasteiger partial charge on any atom is -0.480 e. The van der Waals surface area contributed by atoms with Gasteiger partial charge in [0.1, 0.15) is 5.69 Å². The fourth-order valence-electron chi connectivity index (χ4n) is 2.08. The summed E-state index contributed by atoms with van der Waals surface area (Å²) < 4.78 is 11.7. The van der Waals surface area contributed by atoms with Crippen LogP contribution in [0, 0.1) is 3.57 Å². The summed E-state index contributed by atoms with van der Waals surface area (Å²) >= 11 is 2.33. The molecule has 0 amide bonds. The molecule has 1 heterocycles. The Labute approximate surface area is 138 Å². The Bertz CT molecular complexity index is 607. The van der Waals surface area contributed by atoms with Gasteiger partial charge < -0.3 is 14.8 Å². The van der Waals surface area contributed by atoms with Crippen LogP contribution in [0.25, 0.3) is 0 Å². The molecule has 2 aromatic rings. The zero-order valence-electron chi connectivity index (χ0n) is 12.3. The first-order valence-electron chi connectivity index (χ1n) is 6.64. The highest BCUT2D eigenvalue weighted by molar-refractivity contribution is 14.1. The van der Waals surface area contributed by atoms with E-state index in [1.165, 1.54) is 3.57 Å². The van der Waals surface area contributed by atoms with Crippen molar-refractivity contribution >= 4 is 22.6 Å². The molecule has 0 aliphatic heterocycles. The molecule has 1 aromatic carbocycles. The van der Waals surface area contributed by atoms with Crippen molar-refractivity contribution in [2.45, 2.75) is 13.0 Å². The maximum Gasteiger partial charge on any atom is 0.240 e. The second-order valence-corrected chi connectivity index (χ2v) is 5.48. The average Bonchev–Trinajstić information content (AvgIpc) is 2.53. The highest BCUT2D eigenvalue weighted by Gasteiger charge is 2.22. The number of aromatic nitrogens is 2. The molecule has 6 heteroatoms. The Balaban J connectivity index is 2.50. The topological polar surface area (TPSA) is 56.3 Å². The summed E-state index contributed by atoms with van der Waals surface area (Å²) in [6, 6.07) is 8.12. The first kappa shape index (κ1) is 16.0. The van der Waals surface area contributed by atoms with E-state index in [0.717, 1.165) is 17.8 Å². The molecule has 0 aliphatic rings. The van der Waals surface area contributed by atoms with Crippen molar-refractivity contribution in [3.8, 4) is 11.8 Å². The number of rotatable bonds is 6. The van der Waals surface area contributed by atoms with Crippen LogP contribution in [-0.2, 0) is 0 Å². The SMILES string of the molecule is CCNC(c1ccccc1I)c1ncc(OC)nc1OC. The van der Waals surface area contributed by atoms with Gasteiger partial charge >= 0.3 is 0 Å². The van der Waals surface area contributed by atoms with Gasteiger partial charge in [-0.05, 0) is 40.8 Å². The summed E-state index contributed by atoms with van der Waals surface area (Å²) in [6.07, 6.45) is 1.61. The molecule has 1 unspecified atom stereocenters. The van der Waals surface area contributed by atoms with Gasteiger partial charge in [0, 0.05) is 3.57 Å². The first-order chi connectivity index (χ1) is 10.2. The molecular formula is C15H18IN3O2. The van der Waals surface area contributed by atoms with Crippen LogP contribution < -0.4 is 14.8 Å². The van der Waals surface area contributed by atoms with E-state index in [9.17, 15) is 0 Å². The van der Waals surface area contributed by atoms with Gasteiger partial charge in [0.05, 0.1) is 26.5 Å². The van der Waals surface area contributed by atoms with Crippen molar-refractivity contribution in [2.75, 3.05) is 20.8 Å². The third-order valence-corrected chi connectivity index (χ3v) is 4.03. The Hall–Kier alpha value is -1.41. The quantitative estimate of drug-likeness (QED) is 0.758. The second kappa shape index (κ2) is 7.56. The normalized spacial score (nSPS) is 12.0. The molecule has 0 saturated heterocycles. The van der Waals surface area contributed by atoms with Crippen molar-refractivity contribution < 1.29 is 9.47 Å². The molecule has 112 valence electrons. The van der Waals surface area contributed by atoms with Gasteiger partial charge in [-0.15, -0.1) is 0 Å². The van der Waals surface area contributed by atoms with Gasteiger partial charge in [-0.3, -0.25) is 0 Å². The molecule has 0 aliphatic carbocycles. The maximum atomic E-state index is 5.38.